The third kappa shape index (κ3) is 1.81. The van der Waals surface area contributed by atoms with Crippen LogP contribution in [0.15, 0.2) is 19.8 Å². The third-order valence-electron chi connectivity index (χ3n) is 2.97. The monoisotopic (exact) mass is 296 g/mol. The summed E-state index contributed by atoms with van der Waals surface area (Å²) in [7, 11) is 4.32. The van der Waals surface area contributed by atoms with Gasteiger partial charge in [0.25, 0.3) is 5.56 Å². The van der Waals surface area contributed by atoms with Gasteiger partial charge in [-0.3, -0.25) is 18.5 Å². The zero-order chi connectivity index (χ0) is 15.2. The maximum Gasteiger partial charge on any atom is 0.332 e. The molecule has 20 heavy (non-hydrogen) atoms. The number of rotatable bonds is 1. The van der Waals surface area contributed by atoms with E-state index in [-0.39, 0.29) is 27.7 Å². The smallest absolute Gasteiger partial charge is 0.332 e. The van der Waals surface area contributed by atoms with Crippen LogP contribution in [-0.2, 0) is 21.1 Å². The predicted octanol–water partition coefficient (Wildman–Crippen LogP) is -0.391. The first kappa shape index (κ1) is 13.9. The molecule has 0 fully saturated rings. The van der Waals surface area contributed by atoms with E-state index in [4.69, 9.17) is 5.73 Å². The highest BCUT2D eigenvalue weighted by Gasteiger charge is 2.22. The fraction of sp³-hybridized carbons (Fsp3) is 0.300. The van der Waals surface area contributed by atoms with Crippen LogP contribution in [0.4, 0.5) is 5.69 Å². The van der Waals surface area contributed by atoms with Crippen molar-refractivity contribution in [2.75, 3.05) is 0 Å². The first-order chi connectivity index (χ1) is 9.27. The minimum Gasteiger partial charge on any atom is -0.493 e. The van der Waals surface area contributed by atoms with Crippen molar-refractivity contribution in [2.45, 2.75) is 0 Å². The number of fused-ring (bicyclic) bond motifs is 1. The van der Waals surface area contributed by atoms with Crippen molar-refractivity contribution in [3.63, 3.8) is 0 Å². The lowest BCUT2D eigenvalue weighted by Crippen LogP contribution is -2.37. The summed E-state index contributed by atoms with van der Waals surface area (Å²) in [5.41, 5.74) is 4.26. The number of hydrogen-bond donors (Lipinski definition) is 2. The second-order valence-electron chi connectivity index (χ2n) is 4.17. The van der Waals surface area contributed by atoms with Crippen molar-refractivity contribution < 1.29 is 5.11 Å². The number of azo groups is 1. The molecule has 10 heteroatoms. The molecule has 0 saturated heterocycles. The number of aromatic nitrogens is 3. The van der Waals surface area contributed by atoms with E-state index >= 15 is 0 Å². The Labute approximate surface area is 117 Å². The number of nitrogens with zero attached hydrogens (tertiary/aromatic N) is 5. The Bertz CT molecular complexity index is 872. The molecule has 0 radical (unpaired) electrons. The average molecular weight is 296 g/mol. The molecule has 106 valence electrons. The van der Waals surface area contributed by atoms with Gasteiger partial charge >= 0.3 is 5.69 Å². The standard InChI is InChI=1S/C10H12N6O3S/c1-14-6-4(5(8(14)18)12-13-9(11)20)7(17)16(3)10(19)15(6)2/h18H,1-3H3,(H2,11,20). The van der Waals surface area contributed by atoms with Gasteiger partial charge in [0.05, 0.1) is 0 Å². The van der Waals surface area contributed by atoms with Gasteiger partial charge in [0.2, 0.25) is 11.0 Å². The molecule has 0 atom stereocenters. The van der Waals surface area contributed by atoms with Gasteiger partial charge in [0.15, 0.2) is 5.69 Å². The van der Waals surface area contributed by atoms with Gasteiger partial charge in [-0.05, 0) is 12.2 Å². The van der Waals surface area contributed by atoms with Crippen LogP contribution in [0.2, 0.25) is 0 Å². The van der Waals surface area contributed by atoms with Crippen LogP contribution in [-0.4, -0.2) is 23.9 Å². The summed E-state index contributed by atoms with van der Waals surface area (Å²) < 4.78 is 3.42. The summed E-state index contributed by atoms with van der Waals surface area (Å²) in [4.78, 5) is 24.1. The fourth-order valence-electron chi connectivity index (χ4n) is 2.00. The molecule has 0 unspecified atom stereocenters. The second kappa shape index (κ2) is 4.56. The zero-order valence-corrected chi connectivity index (χ0v) is 11.8. The predicted molar refractivity (Wildman–Crippen MR) is 76.4 cm³/mol. The molecule has 0 aliphatic rings. The summed E-state index contributed by atoms with van der Waals surface area (Å²) in [6.45, 7) is 0. The van der Waals surface area contributed by atoms with Gasteiger partial charge in [-0.1, -0.05) is 0 Å². The summed E-state index contributed by atoms with van der Waals surface area (Å²) in [5.74, 6) is -0.307. The van der Waals surface area contributed by atoms with Gasteiger partial charge in [-0.25, -0.2) is 4.79 Å². The summed E-state index contributed by atoms with van der Waals surface area (Å²) >= 11 is 4.56. The first-order valence-electron chi connectivity index (χ1n) is 5.46. The zero-order valence-electron chi connectivity index (χ0n) is 11.0. The van der Waals surface area contributed by atoms with Crippen LogP contribution in [0.25, 0.3) is 11.0 Å². The average Bonchev–Trinajstić information content (AvgIpc) is 2.64. The normalized spacial score (nSPS) is 11.6. The van der Waals surface area contributed by atoms with Gasteiger partial charge in [0.1, 0.15) is 11.0 Å². The quantitative estimate of drug-likeness (QED) is 0.548. The van der Waals surface area contributed by atoms with Gasteiger partial charge in [-0.2, -0.15) is 0 Å². The van der Waals surface area contributed by atoms with Crippen LogP contribution in [0, 0.1) is 0 Å². The minimum atomic E-state index is -0.587. The maximum absolute atomic E-state index is 12.2. The summed E-state index contributed by atoms with van der Waals surface area (Å²) in [6.07, 6.45) is 0. The Morgan fingerprint density at radius 2 is 1.80 bits per heavy atom. The molecule has 3 N–H and O–H groups in total. The highest BCUT2D eigenvalue weighted by atomic mass is 32.1. The maximum atomic E-state index is 12.2. The van der Waals surface area contributed by atoms with Gasteiger partial charge < -0.3 is 10.8 Å². The van der Waals surface area contributed by atoms with Gasteiger partial charge in [0, 0.05) is 21.1 Å². The minimum absolute atomic E-state index is 0.0644. The third-order valence-corrected chi connectivity index (χ3v) is 3.05. The second-order valence-corrected chi connectivity index (χ2v) is 4.59. The number of aromatic hydroxyl groups is 1. The Balaban J connectivity index is 3.06. The van der Waals surface area contributed by atoms with Crippen LogP contribution < -0.4 is 17.0 Å². The molecule has 9 nitrogen and oxygen atoms in total. The highest BCUT2D eigenvalue weighted by molar-refractivity contribution is 7.80. The topological polar surface area (TPSA) is 120 Å². The van der Waals surface area contributed by atoms with E-state index in [9.17, 15) is 14.7 Å². The van der Waals surface area contributed by atoms with E-state index in [2.05, 4.69) is 22.4 Å². The summed E-state index contributed by atoms with van der Waals surface area (Å²) in [5, 5.41) is 17.0. The molecule has 0 saturated carbocycles. The first-order valence-corrected chi connectivity index (χ1v) is 5.86. The number of thiocarbonyl (C=S) groups is 1. The lowest BCUT2D eigenvalue weighted by molar-refractivity contribution is 0.435. The highest BCUT2D eigenvalue weighted by Crippen LogP contribution is 2.35. The van der Waals surface area contributed by atoms with E-state index < -0.39 is 11.2 Å². The van der Waals surface area contributed by atoms with Crippen LogP contribution in [0.5, 0.6) is 5.88 Å². The molecular formula is C10H12N6O3S. The van der Waals surface area contributed by atoms with Crippen molar-refractivity contribution in [1.82, 2.24) is 13.7 Å². The molecule has 0 amide bonds. The summed E-state index contributed by atoms with van der Waals surface area (Å²) in [6, 6.07) is 0. The van der Waals surface area contributed by atoms with E-state index in [0.29, 0.717) is 0 Å². The van der Waals surface area contributed by atoms with E-state index in [1.807, 2.05) is 0 Å². The molecule has 2 aromatic heterocycles. The molecule has 2 aromatic rings. The van der Waals surface area contributed by atoms with Crippen LogP contribution in [0.3, 0.4) is 0 Å². The van der Waals surface area contributed by atoms with Crippen molar-refractivity contribution in [1.29, 1.82) is 0 Å². The lowest BCUT2D eigenvalue weighted by atomic mass is 10.3. The molecule has 0 spiro atoms. The van der Waals surface area contributed by atoms with Crippen LogP contribution in [0.1, 0.15) is 0 Å². The Morgan fingerprint density at radius 3 is 2.35 bits per heavy atom. The number of aryl methyl sites for hydroxylation is 2. The molecule has 0 aromatic carbocycles. The van der Waals surface area contributed by atoms with E-state index in [0.717, 1.165) is 4.57 Å². The Hall–Kier alpha value is -2.49. The molecule has 0 aliphatic heterocycles. The largest absolute Gasteiger partial charge is 0.493 e. The Morgan fingerprint density at radius 1 is 1.20 bits per heavy atom. The van der Waals surface area contributed by atoms with E-state index in [1.54, 1.807) is 0 Å². The molecule has 2 rings (SSSR count). The van der Waals surface area contributed by atoms with Crippen molar-refractivity contribution in [3.05, 3.63) is 20.8 Å². The van der Waals surface area contributed by atoms with Crippen LogP contribution >= 0.6 is 12.2 Å². The number of nitrogens with two attached hydrogens (primary N) is 1. The molecule has 2 heterocycles. The van der Waals surface area contributed by atoms with Gasteiger partial charge in [-0.15, -0.1) is 10.2 Å². The van der Waals surface area contributed by atoms with E-state index in [1.165, 1.54) is 30.3 Å². The number of hydrogen-bond acceptors (Lipinski definition) is 5. The fourth-order valence-corrected chi connectivity index (χ4v) is 2.04. The van der Waals surface area contributed by atoms with Crippen molar-refractivity contribution >= 4 is 34.1 Å². The Kier molecular flexibility index (Phi) is 3.18. The van der Waals surface area contributed by atoms with Crippen molar-refractivity contribution in [2.24, 2.45) is 37.1 Å². The molecule has 0 aliphatic carbocycles. The SMILES string of the molecule is Cn1c(=O)c2c(N=NC(N)=S)c(O)n(C)c2n(C)c1=O. The van der Waals surface area contributed by atoms with Crippen molar-refractivity contribution in [3.8, 4) is 5.88 Å². The molecular weight excluding hydrogens is 284 g/mol. The lowest BCUT2D eigenvalue weighted by Gasteiger charge is -2.05. The molecule has 0 bridgehead atoms.